The first kappa shape index (κ1) is 15.9. The molecule has 2 N–H and O–H groups in total. The third-order valence-corrected chi connectivity index (χ3v) is 4.41. The summed E-state index contributed by atoms with van der Waals surface area (Å²) in [5.41, 5.74) is 6.91. The summed E-state index contributed by atoms with van der Waals surface area (Å²) in [4.78, 5) is 17.1. The zero-order chi connectivity index (χ0) is 15.4. The van der Waals surface area contributed by atoms with Gasteiger partial charge in [0.1, 0.15) is 0 Å². The largest absolute Gasteiger partial charge is 0.393 e. The lowest BCUT2D eigenvalue weighted by Gasteiger charge is -2.24. The van der Waals surface area contributed by atoms with Crippen LogP contribution in [0.2, 0.25) is 0 Å². The number of likely N-dealkylation sites (N-methyl/N-ethyl adjacent to an activating group) is 1. The third-order valence-electron chi connectivity index (χ3n) is 4.13. The van der Waals surface area contributed by atoms with Gasteiger partial charge in [-0.25, -0.2) is 0 Å². The Hall–Kier alpha value is -1.46. The van der Waals surface area contributed by atoms with Crippen LogP contribution in [0, 0.1) is 5.92 Å². The van der Waals surface area contributed by atoms with Crippen LogP contribution in [-0.2, 0) is 11.2 Å². The van der Waals surface area contributed by atoms with Crippen molar-refractivity contribution in [3.8, 4) is 0 Å². The highest BCUT2D eigenvalue weighted by atomic mass is 32.1. The number of rotatable bonds is 5. The molecule has 2 atom stereocenters. The van der Waals surface area contributed by atoms with Gasteiger partial charge in [0, 0.05) is 19.1 Å². The van der Waals surface area contributed by atoms with Crippen molar-refractivity contribution in [1.29, 1.82) is 0 Å². The fraction of sp³-hybridized carbons (Fsp3) is 0.500. The monoisotopic (exact) mass is 305 g/mol. The maximum atomic E-state index is 12.7. The van der Waals surface area contributed by atoms with Crippen molar-refractivity contribution in [2.45, 2.75) is 18.9 Å². The van der Waals surface area contributed by atoms with Crippen molar-refractivity contribution in [3.63, 3.8) is 0 Å². The summed E-state index contributed by atoms with van der Waals surface area (Å²) in [5, 5.41) is 0. The molecule has 1 saturated heterocycles. The minimum atomic E-state index is -0.400. The number of carbonyl (C=O) groups is 1. The van der Waals surface area contributed by atoms with Crippen LogP contribution in [0.15, 0.2) is 30.3 Å². The van der Waals surface area contributed by atoms with Gasteiger partial charge in [0.25, 0.3) is 0 Å². The van der Waals surface area contributed by atoms with E-state index in [1.54, 1.807) is 0 Å². The number of likely N-dealkylation sites (tertiary alicyclic amines) is 1. The second-order valence-electron chi connectivity index (χ2n) is 5.84. The smallest absolute Gasteiger partial charge is 0.232 e. The summed E-state index contributed by atoms with van der Waals surface area (Å²) >= 11 is 5.13. The molecule has 21 heavy (non-hydrogen) atoms. The molecule has 1 aromatic rings. The molecule has 1 fully saturated rings. The number of thiocarbonyl (C=S) groups is 1. The zero-order valence-electron chi connectivity index (χ0n) is 12.7. The Balaban J connectivity index is 2.05. The Bertz CT molecular complexity index is 504. The first-order valence-electron chi connectivity index (χ1n) is 7.27. The molecule has 1 aliphatic rings. The van der Waals surface area contributed by atoms with E-state index >= 15 is 0 Å². The maximum absolute atomic E-state index is 12.7. The van der Waals surface area contributed by atoms with Gasteiger partial charge in [-0.1, -0.05) is 42.5 Å². The molecule has 0 bridgehead atoms. The molecule has 2 rings (SSSR count). The predicted octanol–water partition coefficient (Wildman–Crippen LogP) is 1.29. The molecule has 0 aromatic heterocycles. The molecule has 0 radical (unpaired) electrons. The Morgan fingerprint density at radius 1 is 1.43 bits per heavy atom. The maximum Gasteiger partial charge on any atom is 0.232 e. The first-order chi connectivity index (χ1) is 9.99. The number of nitrogens with two attached hydrogens (primary N) is 1. The second kappa shape index (κ2) is 7.00. The van der Waals surface area contributed by atoms with Crippen molar-refractivity contribution in [2.75, 3.05) is 27.2 Å². The summed E-state index contributed by atoms with van der Waals surface area (Å²) in [6.07, 6.45) is 1.59. The van der Waals surface area contributed by atoms with Gasteiger partial charge in [-0.15, -0.1) is 0 Å². The highest BCUT2D eigenvalue weighted by Crippen LogP contribution is 2.19. The summed E-state index contributed by atoms with van der Waals surface area (Å²) < 4.78 is 0. The van der Waals surface area contributed by atoms with E-state index in [1.807, 2.05) is 49.3 Å². The van der Waals surface area contributed by atoms with Crippen molar-refractivity contribution in [3.05, 3.63) is 35.9 Å². The van der Waals surface area contributed by atoms with Gasteiger partial charge < -0.3 is 15.5 Å². The highest BCUT2D eigenvalue weighted by Gasteiger charge is 2.32. The Morgan fingerprint density at radius 2 is 2.10 bits per heavy atom. The minimum Gasteiger partial charge on any atom is -0.393 e. The number of hydrogen-bond acceptors (Lipinski definition) is 3. The van der Waals surface area contributed by atoms with E-state index in [1.165, 1.54) is 0 Å². The Morgan fingerprint density at radius 3 is 2.62 bits per heavy atom. The van der Waals surface area contributed by atoms with Crippen LogP contribution < -0.4 is 5.73 Å². The zero-order valence-corrected chi connectivity index (χ0v) is 13.5. The lowest BCUT2D eigenvalue weighted by atomic mass is 9.98. The van der Waals surface area contributed by atoms with Crippen molar-refractivity contribution >= 4 is 23.1 Å². The van der Waals surface area contributed by atoms with E-state index in [4.69, 9.17) is 18.0 Å². The van der Waals surface area contributed by atoms with Crippen LogP contribution in [0.5, 0.6) is 0 Å². The topological polar surface area (TPSA) is 49.6 Å². The van der Waals surface area contributed by atoms with E-state index in [2.05, 4.69) is 4.90 Å². The third kappa shape index (κ3) is 4.02. The molecule has 1 amide bonds. The fourth-order valence-electron chi connectivity index (χ4n) is 2.74. The molecule has 4 nitrogen and oxygen atoms in total. The molecular weight excluding hydrogens is 282 g/mol. The van der Waals surface area contributed by atoms with Crippen LogP contribution >= 0.6 is 12.2 Å². The van der Waals surface area contributed by atoms with Gasteiger partial charge in [-0.3, -0.25) is 4.79 Å². The molecule has 1 aromatic carbocycles. The summed E-state index contributed by atoms with van der Waals surface area (Å²) in [7, 11) is 4.10. The molecule has 0 aliphatic carbocycles. The SMILES string of the molecule is CN(C)C1CCN(C(=O)C(Cc2ccccc2)C(N)=S)C1. The molecule has 0 saturated carbocycles. The molecule has 0 spiro atoms. The molecule has 1 heterocycles. The minimum absolute atomic E-state index is 0.0655. The summed E-state index contributed by atoms with van der Waals surface area (Å²) in [6, 6.07) is 10.3. The van der Waals surface area contributed by atoms with Gasteiger partial charge in [-0.2, -0.15) is 0 Å². The van der Waals surface area contributed by atoms with Crippen LogP contribution in [0.1, 0.15) is 12.0 Å². The number of amides is 1. The van der Waals surface area contributed by atoms with Crippen molar-refractivity contribution < 1.29 is 4.79 Å². The molecule has 1 aliphatic heterocycles. The lowest BCUT2D eigenvalue weighted by Crippen LogP contribution is -2.42. The molecule has 2 unspecified atom stereocenters. The van der Waals surface area contributed by atoms with Crippen LogP contribution in [0.3, 0.4) is 0 Å². The lowest BCUT2D eigenvalue weighted by molar-refractivity contribution is -0.132. The summed E-state index contributed by atoms with van der Waals surface area (Å²) in [6.45, 7) is 1.55. The van der Waals surface area contributed by atoms with E-state index in [-0.39, 0.29) is 10.9 Å². The van der Waals surface area contributed by atoms with Crippen molar-refractivity contribution in [2.24, 2.45) is 11.7 Å². The van der Waals surface area contributed by atoms with Gasteiger partial charge in [0.2, 0.25) is 5.91 Å². The standard InChI is InChI=1S/C16H23N3OS/c1-18(2)13-8-9-19(11-13)16(20)14(15(17)21)10-12-6-4-3-5-7-12/h3-7,13-14H,8-11H2,1-2H3,(H2,17,21). The number of benzene rings is 1. The fourth-order valence-corrected chi connectivity index (χ4v) is 2.93. The molecule has 5 heteroatoms. The average Bonchev–Trinajstić information content (AvgIpc) is 2.95. The second-order valence-corrected chi connectivity index (χ2v) is 6.31. The van der Waals surface area contributed by atoms with Gasteiger partial charge >= 0.3 is 0 Å². The van der Waals surface area contributed by atoms with Gasteiger partial charge in [0.05, 0.1) is 10.9 Å². The Kier molecular flexibility index (Phi) is 5.31. The molecule has 114 valence electrons. The van der Waals surface area contributed by atoms with Gasteiger partial charge in [0.15, 0.2) is 0 Å². The van der Waals surface area contributed by atoms with Crippen molar-refractivity contribution in [1.82, 2.24) is 9.80 Å². The van der Waals surface area contributed by atoms with Crippen LogP contribution in [0.4, 0.5) is 0 Å². The Labute approximate surface area is 131 Å². The van der Waals surface area contributed by atoms with E-state index < -0.39 is 5.92 Å². The summed E-state index contributed by atoms with van der Waals surface area (Å²) in [5.74, 6) is -0.334. The number of hydrogen-bond donors (Lipinski definition) is 1. The number of nitrogens with zero attached hydrogens (tertiary/aromatic N) is 2. The van der Waals surface area contributed by atoms with E-state index in [0.29, 0.717) is 12.5 Å². The first-order valence-corrected chi connectivity index (χ1v) is 7.68. The number of carbonyl (C=O) groups excluding carboxylic acids is 1. The van der Waals surface area contributed by atoms with Crippen LogP contribution in [0.25, 0.3) is 0 Å². The van der Waals surface area contributed by atoms with E-state index in [9.17, 15) is 4.79 Å². The quantitative estimate of drug-likeness (QED) is 0.833. The van der Waals surface area contributed by atoms with E-state index in [0.717, 1.165) is 25.1 Å². The van der Waals surface area contributed by atoms with Gasteiger partial charge in [-0.05, 0) is 32.5 Å². The predicted molar refractivity (Wildman–Crippen MR) is 89.1 cm³/mol. The average molecular weight is 305 g/mol. The highest BCUT2D eigenvalue weighted by molar-refractivity contribution is 7.80. The molecular formula is C16H23N3OS. The normalized spacial score (nSPS) is 19.8. The van der Waals surface area contributed by atoms with Crippen LogP contribution in [-0.4, -0.2) is 53.9 Å².